The molecule has 21 heavy (non-hydrogen) atoms. The molecule has 1 aliphatic carbocycles. The number of methoxy groups -OCH3 is 1. The fourth-order valence-electron chi connectivity index (χ4n) is 2.29. The minimum Gasteiger partial charge on any atom is -0.481 e. The number of ether oxygens (including phenoxy) is 1. The van der Waals surface area contributed by atoms with Gasteiger partial charge in [-0.15, -0.1) is 0 Å². The first-order valence-electron chi connectivity index (χ1n) is 7.43. The number of amides is 1. The van der Waals surface area contributed by atoms with Gasteiger partial charge < -0.3 is 20.3 Å². The van der Waals surface area contributed by atoms with Gasteiger partial charge in [0.2, 0.25) is 11.8 Å². The Bertz CT molecular complexity index is 512. The molecule has 0 aromatic carbocycles. The largest absolute Gasteiger partial charge is 0.481 e. The van der Waals surface area contributed by atoms with Crippen LogP contribution in [0.4, 0.5) is 5.95 Å². The highest BCUT2D eigenvalue weighted by atomic mass is 16.5. The molecular weight excluding hydrogens is 270 g/mol. The molecule has 0 spiro atoms. The molecule has 1 saturated carbocycles. The second-order valence-electron chi connectivity index (χ2n) is 5.49. The van der Waals surface area contributed by atoms with E-state index in [1.807, 2.05) is 0 Å². The van der Waals surface area contributed by atoms with Crippen LogP contribution in [0.15, 0.2) is 6.07 Å². The first-order valence-corrected chi connectivity index (χ1v) is 7.43. The number of hydrogen-bond acceptors (Lipinski definition) is 6. The first-order chi connectivity index (χ1) is 10.3. The minimum absolute atomic E-state index is 0.154. The molecule has 0 unspecified atom stereocenters. The Morgan fingerprint density at radius 3 is 2.86 bits per heavy atom. The van der Waals surface area contributed by atoms with Crippen molar-refractivity contribution in [1.29, 1.82) is 0 Å². The second kappa shape index (κ2) is 6.26. The average Bonchev–Trinajstić information content (AvgIpc) is 3.37. The third kappa shape index (κ3) is 3.60. The van der Waals surface area contributed by atoms with Crippen LogP contribution in [-0.4, -0.2) is 55.7 Å². The van der Waals surface area contributed by atoms with E-state index in [1.165, 1.54) is 12.8 Å². The van der Waals surface area contributed by atoms with Crippen LogP contribution in [0.25, 0.3) is 0 Å². The highest BCUT2D eigenvalue weighted by Gasteiger charge is 2.23. The van der Waals surface area contributed by atoms with Crippen molar-refractivity contribution in [1.82, 2.24) is 20.6 Å². The van der Waals surface area contributed by atoms with Gasteiger partial charge in [-0.25, -0.2) is 4.98 Å². The molecule has 2 heterocycles. The molecule has 3 rings (SSSR count). The molecule has 0 bridgehead atoms. The summed E-state index contributed by atoms with van der Waals surface area (Å²) in [5.41, 5.74) is 0.371. The molecule has 0 atom stereocenters. The van der Waals surface area contributed by atoms with Crippen molar-refractivity contribution in [2.24, 2.45) is 5.92 Å². The summed E-state index contributed by atoms with van der Waals surface area (Å²) in [4.78, 5) is 23.0. The Morgan fingerprint density at radius 1 is 1.43 bits per heavy atom. The molecule has 2 N–H and O–H groups in total. The maximum atomic E-state index is 12.2. The Kier molecular flexibility index (Phi) is 4.19. The molecule has 1 amide bonds. The van der Waals surface area contributed by atoms with Gasteiger partial charge in [0.15, 0.2) is 0 Å². The number of rotatable bonds is 5. The van der Waals surface area contributed by atoms with Crippen LogP contribution in [0, 0.1) is 5.92 Å². The monoisotopic (exact) mass is 291 g/mol. The SMILES string of the molecule is COc1cc(C(=O)NCC2CC2)nc(N2CCNCC2)n1. The van der Waals surface area contributed by atoms with E-state index < -0.39 is 0 Å². The van der Waals surface area contributed by atoms with Crippen LogP contribution in [0.5, 0.6) is 5.88 Å². The van der Waals surface area contributed by atoms with Crippen molar-refractivity contribution >= 4 is 11.9 Å². The van der Waals surface area contributed by atoms with Gasteiger partial charge in [0.1, 0.15) is 5.69 Å². The topological polar surface area (TPSA) is 79.4 Å². The fourth-order valence-corrected chi connectivity index (χ4v) is 2.29. The first kappa shape index (κ1) is 14.1. The van der Waals surface area contributed by atoms with Crippen molar-refractivity contribution in [3.05, 3.63) is 11.8 Å². The number of anilines is 1. The number of carbonyl (C=O) groups is 1. The van der Waals surface area contributed by atoms with Crippen molar-refractivity contribution < 1.29 is 9.53 Å². The molecular formula is C14H21N5O2. The standard InChI is InChI=1S/C14H21N5O2/c1-21-12-8-11(13(20)16-9-10-2-3-10)17-14(18-12)19-6-4-15-5-7-19/h8,10,15H,2-7,9H2,1H3,(H,16,20). The molecule has 1 aromatic heterocycles. The molecule has 0 radical (unpaired) electrons. The van der Waals surface area contributed by atoms with E-state index in [0.29, 0.717) is 23.4 Å². The summed E-state index contributed by atoms with van der Waals surface area (Å²) in [7, 11) is 1.55. The lowest BCUT2D eigenvalue weighted by Crippen LogP contribution is -2.44. The van der Waals surface area contributed by atoms with Gasteiger partial charge in [0.05, 0.1) is 7.11 Å². The molecule has 1 aliphatic heterocycles. The lowest BCUT2D eigenvalue weighted by atomic mass is 10.3. The normalized spacial score (nSPS) is 18.4. The van der Waals surface area contributed by atoms with Crippen LogP contribution in [0.3, 0.4) is 0 Å². The summed E-state index contributed by atoms with van der Waals surface area (Å²) in [6, 6.07) is 1.59. The Hall–Kier alpha value is -1.89. The third-order valence-electron chi connectivity index (χ3n) is 3.78. The van der Waals surface area contributed by atoms with E-state index in [0.717, 1.165) is 32.7 Å². The van der Waals surface area contributed by atoms with Gasteiger partial charge in [-0.3, -0.25) is 4.79 Å². The van der Waals surface area contributed by atoms with E-state index in [2.05, 4.69) is 25.5 Å². The van der Waals surface area contributed by atoms with Crippen LogP contribution in [-0.2, 0) is 0 Å². The number of carbonyl (C=O) groups excluding carboxylic acids is 1. The van der Waals surface area contributed by atoms with Crippen LogP contribution < -0.4 is 20.3 Å². The summed E-state index contributed by atoms with van der Waals surface area (Å²) in [6.45, 7) is 4.17. The zero-order valence-corrected chi connectivity index (χ0v) is 12.3. The molecule has 114 valence electrons. The molecule has 2 fully saturated rings. The van der Waals surface area contributed by atoms with Crippen molar-refractivity contribution in [3.8, 4) is 5.88 Å². The van der Waals surface area contributed by atoms with Gasteiger partial charge in [0, 0.05) is 38.8 Å². The maximum Gasteiger partial charge on any atom is 0.270 e. The van der Waals surface area contributed by atoms with Crippen LogP contribution >= 0.6 is 0 Å². The lowest BCUT2D eigenvalue weighted by molar-refractivity contribution is 0.0946. The predicted octanol–water partition coefficient (Wildman–Crippen LogP) is 0.0346. The Morgan fingerprint density at radius 2 is 2.19 bits per heavy atom. The summed E-state index contributed by atoms with van der Waals surface area (Å²) in [5, 5.41) is 6.21. The number of nitrogens with zero attached hydrogens (tertiary/aromatic N) is 3. The van der Waals surface area contributed by atoms with Crippen LogP contribution in [0.2, 0.25) is 0 Å². The zero-order chi connectivity index (χ0) is 14.7. The summed E-state index contributed by atoms with van der Waals surface area (Å²) in [6.07, 6.45) is 2.42. The smallest absolute Gasteiger partial charge is 0.270 e. The summed E-state index contributed by atoms with van der Waals surface area (Å²) in [5.74, 6) is 1.48. The third-order valence-corrected chi connectivity index (χ3v) is 3.78. The van der Waals surface area contributed by atoms with Crippen LogP contribution in [0.1, 0.15) is 23.3 Å². The molecule has 7 heteroatoms. The minimum atomic E-state index is -0.154. The van der Waals surface area contributed by atoms with Gasteiger partial charge in [-0.05, 0) is 18.8 Å². The van der Waals surface area contributed by atoms with Gasteiger partial charge in [-0.2, -0.15) is 4.98 Å². The molecule has 7 nitrogen and oxygen atoms in total. The van der Waals surface area contributed by atoms with Gasteiger partial charge in [-0.1, -0.05) is 0 Å². The van der Waals surface area contributed by atoms with Gasteiger partial charge >= 0.3 is 0 Å². The summed E-state index contributed by atoms with van der Waals surface area (Å²) < 4.78 is 5.20. The number of piperazine rings is 1. The quantitative estimate of drug-likeness (QED) is 0.797. The molecule has 1 aromatic rings. The second-order valence-corrected chi connectivity index (χ2v) is 5.49. The van der Waals surface area contributed by atoms with Gasteiger partial charge in [0.25, 0.3) is 5.91 Å². The highest BCUT2D eigenvalue weighted by Crippen LogP contribution is 2.27. The van der Waals surface area contributed by atoms with E-state index in [-0.39, 0.29) is 5.91 Å². The number of hydrogen-bond donors (Lipinski definition) is 2. The zero-order valence-electron chi connectivity index (χ0n) is 12.3. The maximum absolute atomic E-state index is 12.2. The molecule has 2 aliphatic rings. The van der Waals surface area contributed by atoms with E-state index in [4.69, 9.17) is 4.74 Å². The van der Waals surface area contributed by atoms with Crippen molar-refractivity contribution in [2.45, 2.75) is 12.8 Å². The Labute approximate surface area is 124 Å². The van der Waals surface area contributed by atoms with E-state index in [9.17, 15) is 4.79 Å². The summed E-state index contributed by atoms with van der Waals surface area (Å²) >= 11 is 0. The lowest BCUT2D eigenvalue weighted by Gasteiger charge is -2.27. The number of aromatic nitrogens is 2. The highest BCUT2D eigenvalue weighted by molar-refractivity contribution is 5.92. The predicted molar refractivity (Wildman–Crippen MR) is 78.7 cm³/mol. The van der Waals surface area contributed by atoms with Crippen molar-refractivity contribution in [2.75, 3.05) is 44.7 Å². The van der Waals surface area contributed by atoms with Crippen molar-refractivity contribution in [3.63, 3.8) is 0 Å². The van der Waals surface area contributed by atoms with E-state index >= 15 is 0 Å². The number of nitrogens with one attached hydrogen (secondary N) is 2. The fraction of sp³-hybridized carbons (Fsp3) is 0.643. The Balaban J connectivity index is 1.76. The molecule has 1 saturated heterocycles. The van der Waals surface area contributed by atoms with E-state index in [1.54, 1.807) is 13.2 Å². The average molecular weight is 291 g/mol.